The summed E-state index contributed by atoms with van der Waals surface area (Å²) in [5.41, 5.74) is 1.13. The largest absolute Gasteiger partial charge is 0.374 e. The standard InChI is InChI=1S/C19H29NO2/c1-17(2,3)16-11-12-19(18(4,13-16)21-5)20(22-19)14-15-9-7-6-8-10-15/h6-10,16H,11-14H2,1-5H3/t16-,18+,19+,20?/m1/s1. The van der Waals surface area contributed by atoms with Crippen LogP contribution in [0, 0.1) is 11.3 Å². The molecule has 0 amide bonds. The van der Waals surface area contributed by atoms with Gasteiger partial charge < -0.3 is 4.74 Å². The fraction of sp³-hybridized carbons (Fsp3) is 0.684. The third-order valence-electron chi connectivity index (χ3n) is 5.77. The van der Waals surface area contributed by atoms with Crippen LogP contribution >= 0.6 is 0 Å². The highest BCUT2D eigenvalue weighted by Crippen LogP contribution is 2.58. The van der Waals surface area contributed by atoms with Crippen molar-refractivity contribution in [3.8, 4) is 0 Å². The van der Waals surface area contributed by atoms with Crippen molar-refractivity contribution in [1.82, 2.24) is 5.06 Å². The van der Waals surface area contributed by atoms with Gasteiger partial charge in [-0.1, -0.05) is 51.1 Å². The topological polar surface area (TPSA) is 24.8 Å². The summed E-state index contributed by atoms with van der Waals surface area (Å²) in [4.78, 5) is 6.13. The Morgan fingerprint density at radius 3 is 2.55 bits per heavy atom. The molecular weight excluding hydrogens is 274 g/mol. The zero-order valence-electron chi connectivity index (χ0n) is 14.6. The molecule has 3 nitrogen and oxygen atoms in total. The van der Waals surface area contributed by atoms with Gasteiger partial charge in [-0.15, -0.1) is 5.06 Å². The van der Waals surface area contributed by atoms with Crippen molar-refractivity contribution in [3.05, 3.63) is 35.9 Å². The molecular formula is C19H29NO2. The van der Waals surface area contributed by atoms with Gasteiger partial charge in [0.1, 0.15) is 5.60 Å². The summed E-state index contributed by atoms with van der Waals surface area (Å²) in [6.45, 7) is 10.1. The number of methoxy groups -OCH3 is 1. The average molecular weight is 303 g/mol. The number of ether oxygens (including phenoxy) is 1. The van der Waals surface area contributed by atoms with Crippen molar-refractivity contribution in [3.63, 3.8) is 0 Å². The van der Waals surface area contributed by atoms with Gasteiger partial charge in [0, 0.05) is 7.11 Å². The summed E-state index contributed by atoms with van der Waals surface area (Å²) in [6, 6.07) is 10.5. The number of hydroxylamine groups is 2. The third kappa shape index (κ3) is 2.60. The Balaban J connectivity index is 1.75. The van der Waals surface area contributed by atoms with Crippen LogP contribution in [-0.4, -0.2) is 23.5 Å². The van der Waals surface area contributed by atoms with Crippen LogP contribution in [0.25, 0.3) is 0 Å². The van der Waals surface area contributed by atoms with Crippen molar-refractivity contribution in [2.24, 2.45) is 11.3 Å². The smallest absolute Gasteiger partial charge is 0.193 e. The van der Waals surface area contributed by atoms with E-state index in [4.69, 9.17) is 9.57 Å². The molecule has 0 N–H and O–H groups in total. The molecule has 0 aromatic heterocycles. The quantitative estimate of drug-likeness (QED) is 0.775. The van der Waals surface area contributed by atoms with Crippen LogP contribution in [0.1, 0.15) is 52.5 Å². The van der Waals surface area contributed by atoms with Gasteiger partial charge >= 0.3 is 0 Å². The molecule has 0 bridgehead atoms. The van der Waals surface area contributed by atoms with E-state index in [0.29, 0.717) is 11.3 Å². The Morgan fingerprint density at radius 2 is 1.95 bits per heavy atom. The first-order valence-corrected chi connectivity index (χ1v) is 8.37. The first-order chi connectivity index (χ1) is 10.3. The maximum Gasteiger partial charge on any atom is 0.193 e. The first kappa shape index (κ1) is 16.0. The van der Waals surface area contributed by atoms with E-state index in [1.165, 1.54) is 12.0 Å². The first-order valence-electron chi connectivity index (χ1n) is 8.37. The molecule has 0 radical (unpaired) electrons. The molecule has 3 rings (SSSR count). The minimum absolute atomic E-state index is 0.237. The van der Waals surface area contributed by atoms with Crippen molar-refractivity contribution in [1.29, 1.82) is 0 Å². The van der Waals surface area contributed by atoms with Gasteiger partial charge in [0.2, 0.25) is 0 Å². The lowest BCUT2D eigenvalue weighted by molar-refractivity contribution is -0.113. The Morgan fingerprint density at radius 1 is 1.27 bits per heavy atom. The fourth-order valence-electron chi connectivity index (χ4n) is 3.95. The van der Waals surface area contributed by atoms with Gasteiger partial charge in [0.25, 0.3) is 0 Å². The van der Waals surface area contributed by atoms with Crippen LogP contribution < -0.4 is 0 Å². The maximum atomic E-state index is 6.13. The second-order valence-corrected chi connectivity index (χ2v) is 8.14. The highest BCUT2D eigenvalue weighted by atomic mass is 16.9. The number of hydrogen-bond acceptors (Lipinski definition) is 3. The van der Waals surface area contributed by atoms with E-state index in [1.807, 2.05) is 7.11 Å². The number of rotatable bonds is 3. The normalized spacial score (nSPS) is 38.2. The minimum atomic E-state index is -0.238. The lowest BCUT2D eigenvalue weighted by atomic mass is 9.65. The predicted octanol–water partition coefficient (Wildman–Crippen LogP) is 4.38. The highest BCUT2D eigenvalue weighted by Gasteiger charge is 2.69. The molecule has 1 unspecified atom stereocenters. The zero-order valence-corrected chi connectivity index (χ0v) is 14.6. The molecule has 1 saturated carbocycles. The van der Waals surface area contributed by atoms with E-state index in [1.54, 1.807) is 0 Å². The molecule has 1 spiro atoms. The molecule has 2 aliphatic rings. The molecule has 1 saturated heterocycles. The molecule has 122 valence electrons. The van der Waals surface area contributed by atoms with Crippen LogP contribution in [0.2, 0.25) is 0 Å². The molecule has 1 aliphatic carbocycles. The van der Waals surface area contributed by atoms with Crippen LogP contribution in [0.4, 0.5) is 0 Å². The summed E-state index contributed by atoms with van der Waals surface area (Å²) < 4.78 is 5.98. The second kappa shape index (κ2) is 5.33. The third-order valence-corrected chi connectivity index (χ3v) is 5.77. The second-order valence-electron chi connectivity index (χ2n) is 8.14. The van der Waals surface area contributed by atoms with Crippen molar-refractivity contribution in [2.45, 2.75) is 64.8 Å². The Kier molecular flexibility index (Phi) is 3.87. The molecule has 1 aromatic carbocycles. The molecule has 2 fully saturated rings. The summed E-state index contributed by atoms with van der Waals surface area (Å²) in [7, 11) is 1.83. The maximum absolute atomic E-state index is 6.13. The Bertz CT molecular complexity index is 524. The van der Waals surface area contributed by atoms with Crippen molar-refractivity contribution in [2.75, 3.05) is 7.11 Å². The lowest BCUT2D eigenvalue weighted by Crippen LogP contribution is -2.53. The average Bonchev–Trinajstić information content (AvgIpc) is 3.16. The van der Waals surface area contributed by atoms with Crippen LogP contribution in [0.15, 0.2) is 30.3 Å². The van der Waals surface area contributed by atoms with Gasteiger partial charge in [-0.3, -0.25) is 4.84 Å². The van der Waals surface area contributed by atoms with Crippen molar-refractivity contribution < 1.29 is 9.57 Å². The molecule has 3 heteroatoms. The Hall–Kier alpha value is -0.900. The van der Waals surface area contributed by atoms with E-state index < -0.39 is 0 Å². The summed E-state index contributed by atoms with van der Waals surface area (Å²) in [5.74, 6) is 0.672. The number of benzene rings is 1. The van der Waals surface area contributed by atoms with E-state index in [-0.39, 0.29) is 11.3 Å². The SMILES string of the molecule is CO[C@@]1(C)C[C@H](C(C)(C)C)CC[C@]12ON2Cc1ccccc1. The van der Waals surface area contributed by atoms with E-state index in [2.05, 4.69) is 63.1 Å². The number of hydrogen-bond donors (Lipinski definition) is 0. The van der Waals surface area contributed by atoms with Gasteiger partial charge in [0.15, 0.2) is 5.72 Å². The fourth-order valence-corrected chi connectivity index (χ4v) is 3.95. The molecule has 22 heavy (non-hydrogen) atoms. The van der Waals surface area contributed by atoms with E-state index in [9.17, 15) is 0 Å². The molecule has 1 aliphatic heterocycles. The van der Waals surface area contributed by atoms with E-state index >= 15 is 0 Å². The van der Waals surface area contributed by atoms with Gasteiger partial charge in [-0.05, 0) is 43.1 Å². The predicted molar refractivity (Wildman–Crippen MR) is 88.0 cm³/mol. The van der Waals surface area contributed by atoms with Gasteiger partial charge in [-0.25, -0.2) is 0 Å². The molecule has 1 aromatic rings. The zero-order chi connectivity index (χ0) is 16.0. The van der Waals surface area contributed by atoms with Gasteiger partial charge in [0.05, 0.1) is 6.54 Å². The molecule has 1 heterocycles. The van der Waals surface area contributed by atoms with Crippen molar-refractivity contribution >= 4 is 0 Å². The minimum Gasteiger partial charge on any atom is -0.374 e. The van der Waals surface area contributed by atoms with Gasteiger partial charge in [-0.2, -0.15) is 0 Å². The van der Waals surface area contributed by atoms with Crippen LogP contribution in [-0.2, 0) is 16.1 Å². The number of nitrogens with zero attached hydrogens (tertiary/aromatic N) is 1. The summed E-state index contributed by atoms with van der Waals surface area (Å²) >= 11 is 0. The molecule has 4 atom stereocenters. The van der Waals surface area contributed by atoms with Crippen LogP contribution in [0.5, 0.6) is 0 Å². The highest BCUT2D eigenvalue weighted by molar-refractivity contribution is 5.17. The summed E-state index contributed by atoms with van der Waals surface area (Å²) in [6.07, 6.45) is 3.30. The van der Waals surface area contributed by atoms with E-state index in [0.717, 1.165) is 19.4 Å². The lowest BCUT2D eigenvalue weighted by Gasteiger charge is -2.45. The van der Waals surface area contributed by atoms with Crippen LogP contribution in [0.3, 0.4) is 0 Å². The monoisotopic (exact) mass is 303 g/mol. The Labute approximate surface area is 134 Å². The summed E-state index contributed by atoms with van der Waals surface area (Å²) in [5, 5.41) is 2.13.